The molecule has 0 spiro atoms. The van der Waals surface area contributed by atoms with E-state index in [0.717, 1.165) is 42.9 Å². The average molecular weight is 379 g/mol. The predicted octanol–water partition coefficient (Wildman–Crippen LogP) is 4.00. The van der Waals surface area contributed by atoms with Gasteiger partial charge in [0.15, 0.2) is 5.82 Å². The van der Waals surface area contributed by atoms with Gasteiger partial charge in [-0.1, -0.05) is 6.07 Å². The largest absolute Gasteiger partial charge is 0.349 e. The molecule has 0 saturated carbocycles. The number of nitrogens with zero attached hydrogens (tertiary/aromatic N) is 5. The second-order valence-electron chi connectivity index (χ2n) is 6.98. The van der Waals surface area contributed by atoms with Crippen LogP contribution in [0.4, 0.5) is 14.6 Å². The number of hydrogen-bond acceptors (Lipinski definition) is 5. The Bertz CT molecular complexity index is 986. The molecule has 3 aliphatic rings. The fraction of sp³-hybridized carbons (Fsp3) is 0.238. The van der Waals surface area contributed by atoms with Crippen LogP contribution in [0.3, 0.4) is 0 Å². The average Bonchev–Trinajstić information content (AvgIpc) is 3.37. The molecule has 0 unspecified atom stereocenters. The molecule has 1 atom stereocenters. The number of fused-ring (bicyclic) bond motifs is 1. The fourth-order valence-electron chi connectivity index (χ4n) is 4.02. The third-order valence-corrected chi connectivity index (χ3v) is 5.31. The lowest BCUT2D eigenvalue weighted by atomic mass is 10.0. The molecule has 0 N–H and O–H groups in total. The van der Waals surface area contributed by atoms with E-state index in [1.165, 1.54) is 12.1 Å². The number of aromatic nitrogens is 1. The first-order chi connectivity index (χ1) is 13.7. The smallest absolute Gasteiger partial charge is 0.151 e. The van der Waals surface area contributed by atoms with Crippen molar-refractivity contribution in [1.29, 1.82) is 0 Å². The third kappa shape index (κ3) is 2.83. The molecule has 0 aliphatic carbocycles. The van der Waals surface area contributed by atoms with Gasteiger partial charge in [0.25, 0.3) is 0 Å². The lowest BCUT2D eigenvalue weighted by Gasteiger charge is -2.33. The number of hydrogen-bond donors (Lipinski definition) is 0. The summed E-state index contributed by atoms with van der Waals surface area (Å²) in [5, 5.41) is 3.99. The van der Waals surface area contributed by atoms with Crippen LogP contribution in [0, 0.1) is 11.6 Å². The SMILES string of the molecule is Fc1ccc(F)c([C@H]2CCCN2C2=NC3=CCN(c4ccccn4)N3C=C2)c1. The Hall–Kier alpha value is -3.22. The van der Waals surface area contributed by atoms with E-state index < -0.39 is 5.82 Å². The van der Waals surface area contributed by atoms with E-state index in [2.05, 4.69) is 9.88 Å². The van der Waals surface area contributed by atoms with Crippen LogP contribution in [-0.4, -0.2) is 33.8 Å². The zero-order valence-electron chi connectivity index (χ0n) is 15.2. The van der Waals surface area contributed by atoms with Crippen molar-refractivity contribution in [2.75, 3.05) is 18.1 Å². The number of rotatable bonds is 2. The minimum absolute atomic E-state index is 0.209. The molecule has 142 valence electrons. The molecule has 0 bridgehead atoms. The Morgan fingerprint density at radius 3 is 2.89 bits per heavy atom. The number of anilines is 1. The number of pyridine rings is 1. The molecule has 0 radical (unpaired) electrons. The van der Waals surface area contributed by atoms with Crippen molar-refractivity contribution in [3.05, 3.63) is 84.0 Å². The van der Waals surface area contributed by atoms with E-state index in [-0.39, 0.29) is 11.9 Å². The van der Waals surface area contributed by atoms with Crippen LogP contribution in [0.15, 0.2) is 71.8 Å². The summed E-state index contributed by atoms with van der Waals surface area (Å²) in [7, 11) is 0. The number of likely N-dealkylation sites (tertiary alicyclic amines) is 1. The van der Waals surface area contributed by atoms with E-state index in [0.29, 0.717) is 12.1 Å². The summed E-state index contributed by atoms with van der Waals surface area (Å²) >= 11 is 0. The molecule has 7 heteroatoms. The Labute approximate surface area is 161 Å². The highest BCUT2D eigenvalue weighted by atomic mass is 19.1. The van der Waals surface area contributed by atoms with Crippen molar-refractivity contribution in [2.24, 2.45) is 4.99 Å². The van der Waals surface area contributed by atoms with Crippen LogP contribution < -0.4 is 5.01 Å². The monoisotopic (exact) mass is 379 g/mol. The topological polar surface area (TPSA) is 35.0 Å². The van der Waals surface area contributed by atoms with Gasteiger partial charge in [-0.2, -0.15) is 0 Å². The Balaban J connectivity index is 1.41. The maximum absolute atomic E-state index is 14.3. The number of halogens is 2. The molecule has 4 heterocycles. The van der Waals surface area contributed by atoms with E-state index in [4.69, 9.17) is 4.99 Å². The predicted molar refractivity (Wildman–Crippen MR) is 103 cm³/mol. The summed E-state index contributed by atoms with van der Waals surface area (Å²) in [6, 6.07) is 9.23. The summed E-state index contributed by atoms with van der Waals surface area (Å²) in [6.07, 6.45) is 9.36. The molecule has 1 aromatic heterocycles. The van der Waals surface area contributed by atoms with E-state index in [1.807, 2.05) is 46.6 Å². The molecule has 1 saturated heterocycles. The highest BCUT2D eigenvalue weighted by molar-refractivity contribution is 5.95. The van der Waals surface area contributed by atoms with E-state index in [9.17, 15) is 8.78 Å². The van der Waals surface area contributed by atoms with Crippen molar-refractivity contribution >= 4 is 11.7 Å². The summed E-state index contributed by atoms with van der Waals surface area (Å²) in [5.74, 6) is 1.64. The number of benzene rings is 1. The molecular weight excluding hydrogens is 360 g/mol. The highest BCUT2D eigenvalue weighted by Crippen LogP contribution is 2.36. The number of amidine groups is 1. The van der Waals surface area contributed by atoms with Crippen molar-refractivity contribution < 1.29 is 8.78 Å². The Morgan fingerprint density at radius 2 is 2.04 bits per heavy atom. The van der Waals surface area contributed by atoms with Gasteiger partial charge in [0.05, 0.1) is 12.6 Å². The standard InChI is InChI=1S/C21H19F2N5/c22-15-6-7-17(23)16(14-15)18-4-3-11-26(18)20-8-12-28-21(25-20)9-13-27(28)19-5-1-2-10-24-19/h1-2,5-10,12,14,18H,3-4,11,13H2/t18-/m1/s1. The normalized spacial score (nSPS) is 21.1. The third-order valence-electron chi connectivity index (χ3n) is 5.31. The summed E-state index contributed by atoms with van der Waals surface area (Å²) in [4.78, 5) is 11.3. The maximum Gasteiger partial charge on any atom is 0.151 e. The summed E-state index contributed by atoms with van der Waals surface area (Å²) < 4.78 is 28.0. The van der Waals surface area contributed by atoms with Crippen LogP contribution in [0.25, 0.3) is 0 Å². The molecule has 1 fully saturated rings. The van der Waals surface area contributed by atoms with Crippen molar-refractivity contribution in [3.63, 3.8) is 0 Å². The Morgan fingerprint density at radius 1 is 1.11 bits per heavy atom. The number of hydrazine groups is 1. The fourth-order valence-corrected chi connectivity index (χ4v) is 4.02. The van der Waals surface area contributed by atoms with E-state index in [1.54, 1.807) is 6.20 Å². The van der Waals surface area contributed by atoms with Gasteiger partial charge >= 0.3 is 0 Å². The van der Waals surface area contributed by atoms with E-state index >= 15 is 0 Å². The van der Waals surface area contributed by atoms with Gasteiger partial charge in [-0.15, -0.1) is 0 Å². The van der Waals surface area contributed by atoms with Crippen LogP contribution in [-0.2, 0) is 0 Å². The van der Waals surface area contributed by atoms with Gasteiger partial charge in [0.2, 0.25) is 0 Å². The minimum Gasteiger partial charge on any atom is -0.349 e. The van der Waals surface area contributed by atoms with Gasteiger partial charge < -0.3 is 4.90 Å². The zero-order chi connectivity index (χ0) is 19.1. The second kappa shape index (κ2) is 6.74. The molecular formula is C21H19F2N5. The van der Waals surface area contributed by atoms with Gasteiger partial charge in [-0.05, 0) is 55.3 Å². The van der Waals surface area contributed by atoms with Crippen molar-refractivity contribution in [1.82, 2.24) is 14.9 Å². The molecule has 0 amide bonds. The first kappa shape index (κ1) is 16.9. The van der Waals surface area contributed by atoms with Gasteiger partial charge in [-0.3, -0.25) is 5.01 Å². The lowest BCUT2D eigenvalue weighted by molar-refractivity contribution is 0.379. The second-order valence-corrected chi connectivity index (χ2v) is 6.98. The summed E-state index contributed by atoms with van der Waals surface area (Å²) in [5.41, 5.74) is 0.395. The Kier molecular flexibility index (Phi) is 4.07. The summed E-state index contributed by atoms with van der Waals surface area (Å²) in [6.45, 7) is 1.44. The molecule has 3 aliphatic heterocycles. The molecule has 1 aromatic carbocycles. The highest BCUT2D eigenvalue weighted by Gasteiger charge is 2.33. The lowest BCUT2D eigenvalue weighted by Crippen LogP contribution is -2.38. The minimum atomic E-state index is -0.417. The molecule has 2 aromatic rings. The maximum atomic E-state index is 14.3. The van der Waals surface area contributed by atoms with Gasteiger partial charge in [0.1, 0.15) is 23.3 Å². The van der Waals surface area contributed by atoms with Crippen LogP contribution in [0.5, 0.6) is 0 Å². The zero-order valence-corrected chi connectivity index (χ0v) is 15.2. The number of aliphatic imine (C=N–C) groups is 1. The van der Waals surface area contributed by atoms with Gasteiger partial charge in [0, 0.05) is 24.5 Å². The molecule has 5 rings (SSSR count). The van der Waals surface area contributed by atoms with Crippen molar-refractivity contribution in [2.45, 2.75) is 18.9 Å². The first-order valence-electron chi connectivity index (χ1n) is 9.37. The quantitative estimate of drug-likeness (QED) is 0.790. The van der Waals surface area contributed by atoms with Gasteiger partial charge in [-0.25, -0.2) is 23.8 Å². The molecule has 28 heavy (non-hydrogen) atoms. The first-order valence-corrected chi connectivity index (χ1v) is 9.37. The molecule has 5 nitrogen and oxygen atoms in total. The van der Waals surface area contributed by atoms with Crippen LogP contribution in [0.1, 0.15) is 24.4 Å². The van der Waals surface area contributed by atoms with Crippen LogP contribution in [0.2, 0.25) is 0 Å². The van der Waals surface area contributed by atoms with Crippen LogP contribution >= 0.6 is 0 Å². The van der Waals surface area contributed by atoms with Crippen molar-refractivity contribution in [3.8, 4) is 0 Å².